The summed E-state index contributed by atoms with van der Waals surface area (Å²) in [6.07, 6.45) is 0.00849. The number of ether oxygens (including phenoxy) is 4. The first-order valence-electron chi connectivity index (χ1n) is 5.82. The molecule has 6 nitrogen and oxygen atoms in total. The molecular formula is C11H18O6. The second-order valence-electron chi connectivity index (χ2n) is 3.66. The van der Waals surface area contributed by atoms with Crippen LogP contribution in [0.2, 0.25) is 0 Å². The standard InChI is InChI=1S/C11H18O6/c1-3-14-10(12)16-8-5-6-9(7-8)17-11(13)15-4-2/h8-9H,3-7H2,1-2H3. The van der Waals surface area contributed by atoms with E-state index in [0.29, 0.717) is 19.3 Å². The Hall–Kier alpha value is -1.46. The summed E-state index contributed by atoms with van der Waals surface area (Å²) in [6, 6.07) is 0. The summed E-state index contributed by atoms with van der Waals surface area (Å²) in [5, 5.41) is 0. The third kappa shape index (κ3) is 4.93. The van der Waals surface area contributed by atoms with E-state index in [4.69, 9.17) is 9.47 Å². The van der Waals surface area contributed by atoms with Crippen LogP contribution in [0, 0.1) is 0 Å². The molecule has 17 heavy (non-hydrogen) atoms. The van der Waals surface area contributed by atoms with Gasteiger partial charge in [-0.3, -0.25) is 0 Å². The lowest BCUT2D eigenvalue weighted by molar-refractivity contribution is 0.0106. The highest BCUT2D eigenvalue weighted by Crippen LogP contribution is 2.25. The Kier molecular flexibility index (Phi) is 5.59. The van der Waals surface area contributed by atoms with Gasteiger partial charge in [0.25, 0.3) is 0 Å². The maximum Gasteiger partial charge on any atom is 0.508 e. The van der Waals surface area contributed by atoms with Crippen LogP contribution in [0.1, 0.15) is 33.1 Å². The Labute approximate surface area is 100 Å². The smallest absolute Gasteiger partial charge is 0.435 e. The topological polar surface area (TPSA) is 71.1 Å². The lowest BCUT2D eigenvalue weighted by atomic mass is 10.3. The predicted octanol–water partition coefficient (Wildman–Crippen LogP) is 2.25. The average molecular weight is 246 g/mol. The first-order chi connectivity index (χ1) is 8.15. The molecule has 1 aliphatic rings. The quantitative estimate of drug-likeness (QED) is 0.708. The maximum absolute atomic E-state index is 11.1. The van der Waals surface area contributed by atoms with Crippen LogP contribution in [-0.2, 0) is 18.9 Å². The molecule has 0 aromatic heterocycles. The average Bonchev–Trinajstić information content (AvgIpc) is 2.66. The van der Waals surface area contributed by atoms with Crippen molar-refractivity contribution in [1.82, 2.24) is 0 Å². The van der Waals surface area contributed by atoms with Crippen molar-refractivity contribution in [2.24, 2.45) is 0 Å². The van der Waals surface area contributed by atoms with Crippen LogP contribution < -0.4 is 0 Å². The molecule has 1 rings (SSSR count). The van der Waals surface area contributed by atoms with Gasteiger partial charge < -0.3 is 18.9 Å². The molecule has 2 atom stereocenters. The molecule has 0 aliphatic heterocycles. The monoisotopic (exact) mass is 246 g/mol. The van der Waals surface area contributed by atoms with Crippen LogP contribution in [0.3, 0.4) is 0 Å². The minimum atomic E-state index is -0.672. The van der Waals surface area contributed by atoms with Gasteiger partial charge in [0, 0.05) is 6.42 Å². The van der Waals surface area contributed by atoms with Crippen LogP contribution in [0.15, 0.2) is 0 Å². The SMILES string of the molecule is CCOC(=O)OC1CCC(OC(=O)OCC)C1. The van der Waals surface area contributed by atoms with Gasteiger partial charge in [-0.25, -0.2) is 9.59 Å². The molecule has 98 valence electrons. The van der Waals surface area contributed by atoms with Gasteiger partial charge in [0.15, 0.2) is 0 Å². The number of hydrogen-bond donors (Lipinski definition) is 0. The summed E-state index contributed by atoms with van der Waals surface area (Å²) in [5.74, 6) is 0. The van der Waals surface area contributed by atoms with Gasteiger partial charge in [0.1, 0.15) is 12.2 Å². The molecule has 0 spiro atoms. The normalized spacial score (nSPS) is 22.9. The molecule has 1 saturated carbocycles. The van der Waals surface area contributed by atoms with Gasteiger partial charge in [-0.2, -0.15) is 0 Å². The van der Waals surface area contributed by atoms with Crippen molar-refractivity contribution in [3.63, 3.8) is 0 Å². The van der Waals surface area contributed by atoms with E-state index in [9.17, 15) is 9.59 Å². The number of carbonyl (C=O) groups is 2. The highest BCUT2D eigenvalue weighted by molar-refractivity contribution is 5.60. The van der Waals surface area contributed by atoms with Crippen LogP contribution in [0.5, 0.6) is 0 Å². The van der Waals surface area contributed by atoms with Crippen LogP contribution in [-0.4, -0.2) is 37.7 Å². The molecule has 6 heteroatoms. The molecule has 0 saturated heterocycles. The second kappa shape index (κ2) is 6.98. The fraction of sp³-hybridized carbons (Fsp3) is 0.818. The van der Waals surface area contributed by atoms with E-state index in [1.807, 2.05) is 0 Å². The van der Waals surface area contributed by atoms with Crippen molar-refractivity contribution in [1.29, 1.82) is 0 Å². The van der Waals surface area contributed by atoms with E-state index in [2.05, 4.69) is 9.47 Å². The highest BCUT2D eigenvalue weighted by atomic mass is 16.7. The lowest BCUT2D eigenvalue weighted by Gasteiger charge is -2.12. The molecule has 2 unspecified atom stereocenters. The van der Waals surface area contributed by atoms with Gasteiger partial charge >= 0.3 is 12.3 Å². The van der Waals surface area contributed by atoms with E-state index in [1.54, 1.807) is 13.8 Å². The summed E-state index contributed by atoms with van der Waals surface area (Å²) in [7, 11) is 0. The molecule has 0 radical (unpaired) electrons. The van der Waals surface area contributed by atoms with Gasteiger partial charge in [-0.05, 0) is 26.7 Å². The third-order valence-electron chi connectivity index (χ3n) is 2.39. The minimum absolute atomic E-state index is 0.242. The van der Waals surface area contributed by atoms with E-state index in [1.165, 1.54) is 0 Å². The Balaban J connectivity index is 2.23. The first-order valence-corrected chi connectivity index (χ1v) is 5.82. The van der Waals surface area contributed by atoms with Crippen molar-refractivity contribution in [3.8, 4) is 0 Å². The fourth-order valence-electron chi connectivity index (χ4n) is 1.69. The molecular weight excluding hydrogens is 228 g/mol. The molecule has 0 N–H and O–H groups in total. The Bertz CT molecular complexity index is 239. The molecule has 0 amide bonds. The van der Waals surface area contributed by atoms with Crippen molar-refractivity contribution >= 4 is 12.3 Å². The predicted molar refractivity (Wildman–Crippen MR) is 57.6 cm³/mol. The summed E-state index contributed by atoms with van der Waals surface area (Å²) in [6.45, 7) is 3.99. The molecule has 1 fully saturated rings. The maximum atomic E-state index is 11.1. The Morgan fingerprint density at radius 3 is 1.71 bits per heavy atom. The van der Waals surface area contributed by atoms with E-state index < -0.39 is 12.3 Å². The zero-order chi connectivity index (χ0) is 12.7. The van der Waals surface area contributed by atoms with Crippen molar-refractivity contribution in [2.45, 2.75) is 45.3 Å². The van der Waals surface area contributed by atoms with Crippen LogP contribution in [0.4, 0.5) is 9.59 Å². The fourth-order valence-corrected chi connectivity index (χ4v) is 1.69. The van der Waals surface area contributed by atoms with Gasteiger partial charge in [-0.1, -0.05) is 0 Å². The van der Waals surface area contributed by atoms with Crippen molar-refractivity contribution in [2.75, 3.05) is 13.2 Å². The summed E-state index contributed by atoms with van der Waals surface area (Å²) < 4.78 is 19.4. The largest absolute Gasteiger partial charge is 0.508 e. The van der Waals surface area contributed by atoms with E-state index >= 15 is 0 Å². The van der Waals surface area contributed by atoms with Gasteiger partial charge in [0.05, 0.1) is 13.2 Å². The third-order valence-corrected chi connectivity index (χ3v) is 2.39. The van der Waals surface area contributed by atoms with Crippen molar-refractivity contribution in [3.05, 3.63) is 0 Å². The number of rotatable bonds is 4. The minimum Gasteiger partial charge on any atom is -0.435 e. The number of hydrogen-bond acceptors (Lipinski definition) is 6. The summed E-state index contributed by atoms with van der Waals surface area (Å²) >= 11 is 0. The molecule has 0 heterocycles. The summed E-state index contributed by atoms with van der Waals surface area (Å²) in [4.78, 5) is 22.1. The zero-order valence-corrected chi connectivity index (χ0v) is 10.1. The van der Waals surface area contributed by atoms with Crippen LogP contribution >= 0.6 is 0 Å². The molecule has 0 bridgehead atoms. The van der Waals surface area contributed by atoms with E-state index in [-0.39, 0.29) is 25.4 Å². The molecule has 0 aromatic carbocycles. The summed E-state index contributed by atoms with van der Waals surface area (Å²) in [5.41, 5.74) is 0. The van der Waals surface area contributed by atoms with Gasteiger partial charge in [0.2, 0.25) is 0 Å². The Morgan fingerprint density at radius 2 is 1.35 bits per heavy atom. The second-order valence-corrected chi connectivity index (χ2v) is 3.66. The lowest BCUT2D eigenvalue weighted by Crippen LogP contribution is -2.20. The Morgan fingerprint density at radius 1 is 0.941 bits per heavy atom. The molecule has 1 aliphatic carbocycles. The highest BCUT2D eigenvalue weighted by Gasteiger charge is 2.30. The molecule has 0 aromatic rings. The van der Waals surface area contributed by atoms with Gasteiger partial charge in [-0.15, -0.1) is 0 Å². The van der Waals surface area contributed by atoms with Crippen molar-refractivity contribution < 1.29 is 28.5 Å². The zero-order valence-electron chi connectivity index (χ0n) is 10.1. The first kappa shape index (κ1) is 13.6. The number of carbonyl (C=O) groups excluding carboxylic acids is 2. The van der Waals surface area contributed by atoms with E-state index in [0.717, 1.165) is 0 Å². The van der Waals surface area contributed by atoms with Crippen LogP contribution in [0.25, 0.3) is 0 Å².